The van der Waals surface area contributed by atoms with Gasteiger partial charge >= 0.3 is 0 Å². The van der Waals surface area contributed by atoms with E-state index in [9.17, 15) is 13.2 Å². The van der Waals surface area contributed by atoms with Crippen LogP contribution in [0.3, 0.4) is 0 Å². The molecule has 0 atom stereocenters. The van der Waals surface area contributed by atoms with Crippen molar-refractivity contribution in [3.8, 4) is 0 Å². The van der Waals surface area contributed by atoms with Crippen LogP contribution in [0, 0.1) is 0 Å². The van der Waals surface area contributed by atoms with E-state index in [-0.39, 0.29) is 10.8 Å². The predicted molar refractivity (Wildman–Crippen MR) is 84.3 cm³/mol. The number of nitrogens with zero attached hydrogens (tertiary/aromatic N) is 1. The Balaban J connectivity index is 2.26. The number of benzene rings is 1. The molecule has 1 N–H and O–H groups in total. The quantitative estimate of drug-likeness (QED) is 0.937. The van der Waals surface area contributed by atoms with Crippen LogP contribution in [0.5, 0.6) is 0 Å². The zero-order valence-electron chi connectivity index (χ0n) is 12.7. The zero-order chi connectivity index (χ0) is 16.4. The highest BCUT2D eigenvalue weighted by molar-refractivity contribution is 7.90. The van der Waals surface area contributed by atoms with Gasteiger partial charge in [-0.1, -0.05) is 12.1 Å². The van der Waals surface area contributed by atoms with Gasteiger partial charge in [0.25, 0.3) is 5.91 Å². The second-order valence-corrected chi connectivity index (χ2v) is 7.61. The van der Waals surface area contributed by atoms with E-state index in [4.69, 9.17) is 0 Å². The number of hydrogen-bond acceptors (Lipinski definition) is 4. The van der Waals surface area contributed by atoms with E-state index in [0.717, 1.165) is 11.9 Å². The first kappa shape index (κ1) is 16.2. The normalized spacial score (nSPS) is 12.0. The molecular formula is C16H18N2O3S. The largest absolute Gasteiger partial charge is 0.342 e. The highest BCUT2D eigenvalue weighted by atomic mass is 32.2. The molecule has 0 aliphatic rings. The van der Waals surface area contributed by atoms with Crippen LogP contribution < -0.4 is 5.32 Å². The summed E-state index contributed by atoms with van der Waals surface area (Å²) in [5, 5.41) is 2.87. The SMILES string of the molecule is CC(C)(NC(=O)c1cccc(S(C)(=O)=O)c1)c1ccccn1. The van der Waals surface area contributed by atoms with Crippen LogP contribution in [0.1, 0.15) is 29.9 Å². The maximum Gasteiger partial charge on any atom is 0.252 e. The molecule has 0 aliphatic heterocycles. The summed E-state index contributed by atoms with van der Waals surface area (Å²) in [5.74, 6) is -0.346. The second-order valence-electron chi connectivity index (χ2n) is 5.59. The first-order valence-corrected chi connectivity index (χ1v) is 8.63. The van der Waals surface area contributed by atoms with E-state index in [0.29, 0.717) is 5.56 Å². The Bertz CT molecular complexity index is 784. The van der Waals surface area contributed by atoms with Crippen molar-refractivity contribution in [2.24, 2.45) is 0 Å². The fourth-order valence-corrected chi connectivity index (χ4v) is 2.69. The van der Waals surface area contributed by atoms with Gasteiger partial charge in [0.15, 0.2) is 9.84 Å². The molecule has 0 fully saturated rings. The minimum Gasteiger partial charge on any atom is -0.342 e. The molecule has 6 heteroatoms. The molecule has 2 rings (SSSR count). The molecule has 0 saturated heterocycles. The highest BCUT2D eigenvalue weighted by Crippen LogP contribution is 2.19. The molecule has 0 saturated carbocycles. The molecule has 22 heavy (non-hydrogen) atoms. The van der Waals surface area contributed by atoms with Gasteiger partial charge in [-0.05, 0) is 44.2 Å². The lowest BCUT2D eigenvalue weighted by Crippen LogP contribution is -2.41. The molecule has 1 heterocycles. The van der Waals surface area contributed by atoms with E-state index >= 15 is 0 Å². The number of amides is 1. The molecule has 5 nitrogen and oxygen atoms in total. The number of aromatic nitrogens is 1. The van der Waals surface area contributed by atoms with Gasteiger partial charge in [-0.3, -0.25) is 9.78 Å². The van der Waals surface area contributed by atoms with Gasteiger partial charge in [-0.15, -0.1) is 0 Å². The number of hydrogen-bond donors (Lipinski definition) is 1. The van der Waals surface area contributed by atoms with E-state index < -0.39 is 15.4 Å². The van der Waals surface area contributed by atoms with Crippen molar-refractivity contribution in [2.45, 2.75) is 24.3 Å². The Morgan fingerprint density at radius 2 is 1.86 bits per heavy atom. The van der Waals surface area contributed by atoms with E-state index in [1.165, 1.54) is 12.1 Å². The number of sulfone groups is 1. The van der Waals surface area contributed by atoms with Crippen LogP contribution in [0.15, 0.2) is 53.6 Å². The molecule has 0 radical (unpaired) electrons. The third-order valence-corrected chi connectivity index (χ3v) is 4.37. The van der Waals surface area contributed by atoms with Crippen LogP contribution in [-0.2, 0) is 15.4 Å². The monoisotopic (exact) mass is 318 g/mol. The van der Waals surface area contributed by atoms with Crippen LogP contribution >= 0.6 is 0 Å². The van der Waals surface area contributed by atoms with Crippen LogP contribution in [-0.4, -0.2) is 25.6 Å². The van der Waals surface area contributed by atoms with Crippen LogP contribution in [0.25, 0.3) is 0 Å². The number of pyridine rings is 1. The minimum atomic E-state index is -3.35. The summed E-state index contributed by atoms with van der Waals surface area (Å²) in [5.41, 5.74) is 0.356. The lowest BCUT2D eigenvalue weighted by atomic mass is 9.99. The summed E-state index contributed by atoms with van der Waals surface area (Å²) < 4.78 is 23.1. The summed E-state index contributed by atoms with van der Waals surface area (Å²) >= 11 is 0. The Hall–Kier alpha value is -2.21. The average molecular weight is 318 g/mol. The van der Waals surface area contributed by atoms with Gasteiger partial charge in [0.2, 0.25) is 0 Å². The molecule has 1 aromatic heterocycles. The Kier molecular flexibility index (Phi) is 4.32. The summed E-state index contributed by atoms with van der Waals surface area (Å²) in [4.78, 5) is 16.7. The Morgan fingerprint density at radius 3 is 2.45 bits per heavy atom. The van der Waals surface area contributed by atoms with E-state index in [2.05, 4.69) is 10.3 Å². The first-order valence-electron chi connectivity index (χ1n) is 6.74. The lowest BCUT2D eigenvalue weighted by Gasteiger charge is -2.25. The molecule has 0 aliphatic carbocycles. The second kappa shape index (κ2) is 5.88. The smallest absolute Gasteiger partial charge is 0.252 e. The van der Waals surface area contributed by atoms with Crippen LogP contribution in [0.4, 0.5) is 0 Å². The fourth-order valence-electron chi connectivity index (χ4n) is 2.02. The number of carbonyl (C=O) groups is 1. The van der Waals surface area contributed by atoms with Crippen molar-refractivity contribution in [3.05, 3.63) is 59.9 Å². The van der Waals surface area contributed by atoms with E-state index in [1.807, 2.05) is 26.0 Å². The fraction of sp³-hybridized carbons (Fsp3) is 0.250. The van der Waals surface area contributed by atoms with Gasteiger partial charge < -0.3 is 5.32 Å². The lowest BCUT2D eigenvalue weighted by molar-refractivity contribution is 0.0910. The van der Waals surface area contributed by atoms with Crippen molar-refractivity contribution in [1.29, 1.82) is 0 Å². The van der Waals surface area contributed by atoms with E-state index in [1.54, 1.807) is 24.4 Å². The minimum absolute atomic E-state index is 0.121. The van der Waals surface area contributed by atoms with Gasteiger partial charge in [0.1, 0.15) is 0 Å². The Labute approximate surface area is 130 Å². The molecule has 0 bridgehead atoms. The topological polar surface area (TPSA) is 76.1 Å². The number of rotatable bonds is 4. The molecular weight excluding hydrogens is 300 g/mol. The van der Waals surface area contributed by atoms with Crippen LogP contribution in [0.2, 0.25) is 0 Å². The third-order valence-electron chi connectivity index (χ3n) is 3.26. The van der Waals surface area contributed by atoms with Gasteiger partial charge in [-0.25, -0.2) is 8.42 Å². The number of carbonyl (C=O) groups excluding carboxylic acids is 1. The van der Waals surface area contributed by atoms with Gasteiger partial charge in [-0.2, -0.15) is 0 Å². The van der Waals surface area contributed by atoms with Gasteiger partial charge in [0, 0.05) is 18.0 Å². The number of nitrogens with one attached hydrogen (secondary N) is 1. The molecule has 0 spiro atoms. The summed E-state index contributed by atoms with van der Waals surface area (Å²) in [7, 11) is -3.35. The third kappa shape index (κ3) is 3.71. The van der Waals surface area contributed by atoms with Crippen molar-refractivity contribution >= 4 is 15.7 Å². The maximum atomic E-state index is 12.4. The average Bonchev–Trinajstić information content (AvgIpc) is 2.47. The molecule has 2 aromatic rings. The summed E-state index contributed by atoms with van der Waals surface area (Å²) in [6, 6.07) is 11.5. The standard InChI is InChI=1S/C16H18N2O3S/c1-16(2,14-9-4-5-10-17-14)18-15(19)12-7-6-8-13(11-12)22(3,20)21/h4-11H,1-3H3,(H,18,19). The molecule has 1 amide bonds. The van der Waals surface area contributed by atoms with Crippen molar-refractivity contribution in [1.82, 2.24) is 10.3 Å². The van der Waals surface area contributed by atoms with Gasteiger partial charge in [0.05, 0.1) is 16.1 Å². The first-order chi connectivity index (χ1) is 10.2. The van der Waals surface area contributed by atoms with Crippen molar-refractivity contribution in [2.75, 3.05) is 6.26 Å². The Morgan fingerprint density at radius 1 is 1.14 bits per heavy atom. The predicted octanol–water partition coefficient (Wildman–Crippen LogP) is 2.15. The molecule has 0 unspecified atom stereocenters. The highest BCUT2D eigenvalue weighted by Gasteiger charge is 2.25. The van der Waals surface area contributed by atoms with Crippen molar-refractivity contribution in [3.63, 3.8) is 0 Å². The summed E-state index contributed by atoms with van der Waals surface area (Å²) in [6.07, 6.45) is 2.77. The van der Waals surface area contributed by atoms with Crippen molar-refractivity contribution < 1.29 is 13.2 Å². The molecule has 1 aromatic carbocycles. The molecule has 116 valence electrons. The summed E-state index contributed by atoms with van der Waals surface area (Å²) in [6.45, 7) is 3.68. The maximum absolute atomic E-state index is 12.4. The zero-order valence-corrected chi connectivity index (χ0v) is 13.5.